The van der Waals surface area contributed by atoms with Crippen molar-refractivity contribution in [2.75, 3.05) is 0 Å². The number of carbonyl (C=O) groups excluding carboxylic acids is 1. The molecule has 0 aromatic heterocycles. The van der Waals surface area contributed by atoms with Crippen LogP contribution >= 0.6 is 0 Å². The maximum Gasteiger partial charge on any atom is 0.328 e. The largest absolute Gasteiger partial charge is 0.508 e. The van der Waals surface area contributed by atoms with Gasteiger partial charge in [0, 0.05) is 6.08 Å². The van der Waals surface area contributed by atoms with Gasteiger partial charge in [0.2, 0.25) is 0 Å². The summed E-state index contributed by atoms with van der Waals surface area (Å²) in [5.74, 6) is -1.64. The summed E-state index contributed by atoms with van der Waals surface area (Å²) in [6.07, 6.45) is 5.08. The Labute approximate surface area is 132 Å². The number of carboxylic acid groups (broad SMARTS) is 1. The van der Waals surface area contributed by atoms with Gasteiger partial charge in [-0.25, -0.2) is 4.79 Å². The molecule has 2 aromatic carbocycles. The van der Waals surface area contributed by atoms with E-state index >= 15 is 0 Å². The third kappa shape index (κ3) is 4.57. The Bertz CT molecular complexity index is 803. The summed E-state index contributed by atoms with van der Waals surface area (Å²) in [4.78, 5) is 22.5. The zero-order chi connectivity index (χ0) is 16.8. The molecule has 0 saturated heterocycles. The number of phenols is 2. The zero-order valence-corrected chi connectivity index (χ0v) is 12.0. The van der Waals surface area contributed by atoms with Crippen LogP contribution in [0.1, 0.15) is 21.5 Å². The Balaban J connectivity index is 2.18. The summed E-state index contributed by atoms with van der Waals surface area (Å²) in [5.41, 5.74) is 1.23. The molecule has 0 spiro atoms. The molecule has 0 heterocycles. The van der Waals surface area contributed by atoms with Gasteiger partial charge in [0.25, 0.3) is 0 Å². The van der Waals surface area contributed by atoms with Gasteiger partial charge < -0.3 is 15.3 Å². The highest BCUT2D eigenvalue weighted by atomic mass is 16.4. The second kappa shape index (κ2) is 7.09. The molecule has 3 N–H and O–H groups in total. The fourth-order valence-corrected chi connectivity index (χ4v) is 1.92. The fourth-order valence-electron chi connectivity index (χ4n) is 1.92. The van der Waals surface area contributed by atoms with E-state index in [-0.39, 0.29) is 17.1 Å². The lowest BCUT2D eigenvalue weighted by Crippen LogP contribution is -1.95. The van der Waals surface area contributed by atoms with E-state index in [1.807, 2.05) is 0 Å². The van der Waals surface area contributed by atoms with E-state index in [0.717, 1.165) is 6.08 Å². The van der Waals surface area contributed by atoms with Crippen molar-refractivity contribution in [2.24, 2.45) is 0 Å². The van der Waals surface area contributed by atoms with Crippen molar-refractivity contribution in [1.29, 1.82) is 0 Å². The summed E-state index contributed by atoms with van der Waals surface area (Å²) in [7, 11) is 0. The minimum Gasteiger partial charge on any atom is -0.508 e. The van der Waals surface area contributed by atoms with Gasteiger partial charge >= 0.3 is 5.97 Å². The number of carbonyl (C=O) groups is 2. The van der Waals surface area contributed by atoms with Gasteiger partial charge in [-0.3, -0.25) is 4.79 Å². The van der Waals surface area contributed by atoms with Crippen LogP contribution in [-0.4, -0.2) is 27.1 Å². The number of aromatic hydroxyl groups is 2. The number of hydrogen-bond donors (Lipinski definition) is 3. The van der Waals surface area contributed by atoms with Gasteiger partial charge in [-0.15, -0.1) is 0 Å². The van der Waals surface area contributed by atoms with Gasteiger partial charge in [-0.05, 0) is 47.5 Å². The summed E-state index contributed by atoms with van der Waals surface area (Å²) < 4.78 is 0. The number of hydrogen-bond acceptors (Lipinski definition) is 4. The molecule has 0 aliphatic rings. The highest BCUT2D eigenvalue weighted by Gasteiger charge is 2.08. The topological polar surface area (TPSA) is 94.8 Å². The number of allylic oxidation sites excluding steroid dienone is 1. The zero-order valence-electron chi connectivity index (χ0n) is 12.0. The van der Waals surface area contributed by atoms with Crippen LogP contribution in [0.3, 0.4) is 0 Å². The normalized spacial score (nSPS) is 11.1. The SMILES string of the molecule is O=C(O)C=Cc1ccc(C(=O)C=Cc2cccc(O)c2)c(O)c1. The van der Waals surface area contributed by atoms with Crippen LogP contribution in [0.2, 0.25) is 0 Å². The Morgan fingerprint density at radius 3 is 2.22 bits per heavy atom. The van der Waals surface area contributed by atoms with E-state index in [1.165, 1.54) is 48.6 Å². The lowest BCUT2D eigenvalue weighted by Gasteiger charge is -2.02. The van der Waals surface area contributed by atoms with Crippen molar-refractivity contribution in [3.05, 3.63) is 71.3 Å². The molecule has 0 fully saturated rings. The third-order valence-electron chi connectivity index (χ3n) is 3.00. The van der Waals surface area contributed by atoms with Crippen molar-refractivity contribution in [2.45, 2.75) is 0 Å². The Hall–Kier alpha value is -3.34. The number of benzene rings is 2. The van der Waals surface area contributed by atoms with E-state index in [2.05, 4.69) is 0 Å². The molecule has 0 amide bonds. The predicted octanol–water partition coefficient (Wildman–Crippen LogP) is 3.09. The standard InChI is InChI=1S/C18H14O5/c19-14-3-1-2-12(10-14)5-8-16(20)15-7-4-13(11-17(15)21)6-9-18(22)23/h1-11,19,21H,(H,22,23). The number of aliphatic carboxylic acids is 1. The van der Waals surface area contributed by atoms with Gasteiger partial charge in [0.15, 0.2) is 5.78 Å². The Kier molecular flexibility index (Phi) is 4.94. The fraction of sp³-hybridized carbons (Fsp3) is 0. The third-order valence-corrected chi connectivity index (χ3v) is 3.00. The molecule has 0 bridgehead atoms. The number of rotatable bonds is 5. The van der Waals surface area contributed by atoms with Crippen LogP contribution in [0, 0.1) is 0 Å². The highest BCUT2D eigenvalue weighted by molar-refractivity contribution is 6.08. The average Bonchev–Trinajstić information content (AvgIpc) is 2.51. The number of carboxylic acids is 1. The molecule has 23 heavy (non-hydrogen) atoms. The maximum atomic E-state index is 12.1. The van der Waals surface area contributed by atoms with Crippen LogP contribution in [-0.2, 0) is 4.79 Å². The molecule has 5 nitrogen and oxygen atoms in total. The lowest BCUT2D eigenvalue weighted by molar-refractivity contribution is -0.131. The molecular formula is C18H14O5. The van der Waals surface area contributed by atoms with Crippen LogP contribution in [0.4, 0.5) is 0 Å². The van der Waals surface area contributed by atoms with Crippen molar-refractivity contribution >= 4 is 23.9 Å². The smallest absolute Gasteiger partial charge is 0.328 e. The first kappa shape index (κ1) is 16.0. The van der Waals surface area contributed by atoms with Crippen LogP contribution in [0.15, 0.2) is 54.6 Å². The van der Waals surface area contributed by atoms with E-state index in [1.54, 1.807) is 12.1 Å². The Morgan fingerprint density at radius 2 is 1.57 bits per heavy atom. The quantitative estimate of drug-likeness (QED) is 0.582. The molecule has 0 atom stereocenters. The highest BCUT2D eigenvalue weighted by Crippen LogP contribution is 2.21. The molecule has 0 saturated carbocycles. The molecule has 0 unspecified atom stereocenters. The first-order chi connectivity index (χ1) is 11.0. The summed E-state index contributed by atoms with van der Waals surface area (Å²) >= 11 is 0. The van der Waals surface area contributed by atoms with Crippen molar-refractivity contribution in [3.63, 3.8) is 0 Å². The van der Waals surface area contributed by atoms with Crippen molar-refractivity contribution < 1.29 is 24.9 Å². The minimum atomic E-state index is -1.10. The first-order valence-corrected chi connectivity index (χ1v) is 6.71. The minimum absolute atomic E-state index is 0.0945. The first-order valence-electron chi connectivity index (χ1n) is 6.71. The predicted molar refractivity (Wildman–Crippen MR) is 86.2 cm³/mol. The Morgan fingerprint density at radius 1 is 0.870 bits per heavy atom. The molecular weight excluding hydrogens is 296 g/mol. The molecule has 0 aliphatic heterocycles. The molecule has 2 rings (SSSR count). The summed E-state index contributed by atoms with van der Waals surface area (Å²) in [5, 5.41) is 27.8. The number of ketones is 1. The van der Waals surface area contributed by atoms with Gasteiger partial charge in [-0.1, -0.05) is 24.3 Å². The summed E-state index contributed by atoms with van der Waals surface area (Å²) in [6, 6.07) is 10.7. The molecule has 0 aliphatic carbocycles. The van der Waals surface area contributed by atoms with Crippen LogP contribution in [0.25, 0.3) is 12.2 Å². The van der Waals surface area contributed by atoms with Crippen LogP contribution < -0.4 is 0 Å². The molecule has 0 radical (unpaired) electrons. The van der Waals surface area contributed by atoms with Crippen molar-refractivity contribution in [1.82, 2.24) is 0 Å². The van der Waals surface area contributed by atoms with E-state index in [0.29, 0.717) is 11.1 Å². The second-order valence-corrected chi connectivity index (χ2v) is 4.74. The molecule has 116 valence electrons. The lowest BCUT2D eigenvalue weighted by atomic mass is 10.0. The van der Waals surface area contributed by atoms with Crippen molar-refractivity contribution in [3.8, 4) is 11.5 Å². The van der Waals surface area contributed by atoms with Gasteiger partial charge in [0.05, 0.1) is 5.56 Å². The number of phenolic OH excluding ortho intramolecular Hbond substituents is 2. The van der Waals surface area contributed by atoms with E-state index in [4.69, 9.17) is 5.11 Å². The van der Waals surface area contributed by atoms with Gasteiger partial charge in [-0.2, -0.15) is 0 Å². The maximum absolute atomic E-state index is 12.1. The second-order valence-electron chi connectivity index (χ2n) is 4.74. The van der Waals surface area contributed by atoms with E-state index in [9.17, 15) is 19.8 Å². The molecule has 2 aromatic rings. The summed E-state index contributed by atoms with van der Waals surface area (Å²) in [6.45, 7) is 0. The average molecular weight is 310 g/mol. The monoisotopic (exact) mass is 310 g/mol. The van der Waals surface area contributed by atoms with Crippen LogP contribution in [0.5, 0.6) is 11.5 Å². The molecule has 5 heteroatoms. The van der Waals surface area contributed by atoms with E-state index < -0.39 is 11.8 Å². The van der Waals surface area contributed by atoms with Gasteiger partial charge in [0.1, 0.15) is 11.5 Å².